The molecular weight excluding hydrogens is 269 g/mol. The fraction of sp³-hybridized carbons (Fsp3) is 0.250. The van der Waals surface area contributed by atoms with Gasteiger partial charge in [-0.15, -0.1) is 0 Å². The van der Waals surface area contributed by atoms with Crippen LogP contribution in [0.15, 0.2) is 30.3 Å². The molecule has 102 valence electrons. The maximum atomic E-state index is 13.6. The Hall–Kier alpha value is -1.89. The van der Waals surface area contributed by atoms with E-state index in [1.54, 1.807) is 18.2 Å². The molecule has 19 heavy (non-hydrogen) atoms. The van der Waals surface area contributed by atoms with Gasteiger partial charge < -0.3 is 5.73 Å². The van der Waals surface area contributed by atoms with Gasteiger partial charge in [0.1, 0.15) is 21.5 Å². The Morgan fingerprint density at radius 1 is 1.37 bits per heavy atom. The molecule has 0 spiro atoms. The van der Waals surface area contributed by atoms with Crippen LogP contribution < -0.4 is 5.73 Å². The second-order valence-corrected chi connectivity index (χ2v) is 6.55. The first-order chi connectivity index (χ1) is 8.87. The monoisotopic (exact) mass is 283 g/mol. The van der Waals surface area contributed by atoms with Gasteiger partial charge in [-0.3, -0.25) is 0 Å². The Morgan fingerprint density at radius 2 is 2.05 bits per heavy atom. The molecule has 0 fully saturated rings. The molecule has 0 atom stereocenters. The fourth-order valence-electron chi connectivity index (χ4n) is 1.66. The van der Waals surface area contributed by atoms with Crippen molar-refractivity contribution in [1.82, 2.24) is 9.78 Å². The SMILES string of the molecule is CS(=O)(=O)CCn1nc(-c2ccccc2F)cc1N. The average molecular weight is 283 g/mol. The number of benzene rings is 1. The van der Waals surface area contributed by atoms with Crippen LogP contribution in [0.25, 0.3) is 11.3 Å². The Bertz CT molecular complexity index is 695. The van der Waals surface area contributed by atoms with Crippen LogP contribution in [0.5, 0.6) is 0 Å². The molecule has 2 rings (SSSR count). The van der Waals surface area contributed by atoms with E-state index in [0.717, 1.165) is 6.26 Å². The molecule has 0 unspecified atom stereocenters. The van der Waals surface area contributed by atoms with E-state index in [4.69, 9.17) is 5.73 Å². The lowest BCUT2D eigenvalue weighted by Crippen LogP contribution is -2.13. The summed E-state index contributed by atoms with van der Waals surface area (Å²) in [6, 6.07) is 7.74. The highest BCUT2D eigenvalue weighted by atomic mass is 32.2. The molecule has 0 amide bonds. The van der Waals surface area contributed by atoms with Crippen molar-refractivity contribution in [1.29, 1.82) is 0 Å². The minimum Gasteiger partial charge on any atom is -0.384 e. The quantitative estimate of drug-likeness (QED) is 0.918. The largest absolute Gasteiger partial charge is 0.384 e. The second-order valence-electron chi connectivity index (χ2n) is 4.29. The van der Waals surface area contributed by atoms with Crippen molar-refractivity contribution in [2.24, 2.45) is 0 Å². The van der Waals surface area contributed by atoms with E-state index in [0.29, 0.717) is 17.1 Å². The van der Waals surface area contributed by atoms with Crippen LogP contribution in [0.3, 0.4) is 0 Å². The molecule has 2 aromatic rings. The van der Waals surface area contributed by atoms with E-state index in [-0.39, 0.29) is 12.3 Å². The van der Waals surface area contributed by atoms with Gasteiger partial charge in [0, 0.05) is 17.9 Å². The van der Waals surface area contributed by atoms with Crippen LogP contribution in [0.1, 0.15) is 0 Å². The number of sulfone groups is 1. The first kappa shape index (κ1) is 13.5. The van der Waals surface area contributed by atoms with Gasteiger partial charge >= 0.3 is 0 Å². The summed E-state index contributed by atoms with van der Waals surface area (Å²) in [4.78, 5) is 0. The summed E-state index contributed by atoms with van der Waals surface area (Å²) in [7, 11) is -3.09. The van der Waals surface area contributed by atoms with Gasteiger partial charge in [0.15, 0.2) is 0 Å². The summed E-state index contributed by atoms with van der Waals surface area (Å²) in [5.41, 5.74) is 6.47. The normalized spacial score (nSPS) is 11.7. The lowest BCUT2D eigenvalue weighted by molar-refractivity contribution is 0.587. The van der Waals surface area contributed by atoms with Gasteiger partial charge in [-0.1, -0.05) is 12.1 Å². The molecule has 0 saturated carbocycles. The van der Waals surface area contributed by atoms with Crippen LogP contribution >= 0.6 is 0 Å². The molecular formula is C12H14FN3O2S. The standard InChI is InChI=1S/C12H14FN3O2S/c1-19(17,18)7-6-16-12(14)8-11(15-16)9-4-2-3-5-10(9)13/h2-5,8H,6-7,14H2,1H3. The van der Waals surface area contributed by atoms with Crippen molar-refractivity contribution in [3.63, 3.8) is 0 Å². The van der Waals surface area contributed by atoms with Gasteiger partial charge in [0.05, 0.1) is 18.0 Å². The third-order valence-corrected chi connectivity index (χ3v) is 3.56. The number of halogens is 1. The zero-order valence-electron chi connectivity index (χ0n) is 10.4. The van der Waals surface area contributed by atoms with Gasteiger partial charge in [-0.05, 0) is 12.1 Å². The number of hydrogen-bond acceptors (Lipinski definition) is 4. The third kappa shape index (κ3) is 3.31. The minimum absolute atomic E-state index is 0.0599. The predicted molar refractivity (Wildman–Crippen MR) is 71.7 cm³/mol. The summed E-state index contributed by atoms with van der Waals surface area (Å²) in [5, 5.41) is 4.13. The number of rotatable bonds is 4. The van der Waals surface area contributed by atoms with Crippen LogP contribution in [-0.4, -0.2) is 30.2 Å². The zero-order chi connectivity index (χ0) is 14.0. The molecule has 0 radical (unpaired) electrons. The molecule has 0 saturated heterocycles. The maximum absolute atomic E-state index is 13.6. The van der Waals surface area contributed by atoms with Crippen molar-refractivity contribution < 1.29 is 12.8 Å². The van der Waals surface area contributed by atoms with E-state index in [9.17, 15) is 12.8 Å². The smallest absolute Gasteiger partial charge is 0.149 e. The summed E-state index contributed by atoms with van der Waals surface area (Å²) in [5.74, 6) is -0.146. The van der Waals surface area contributed by atoms with Crippen LogP contribution in [0.2, 0.25) is 0 Å². The van der Waals surface area contributed by atoms with E-state index in [2.05, 4.69) is 5.10 Å². The molecule has 1 aromatic carbocycles. The van der Waals surface area contributed by atoms with Crippen LogP contribution in [0, 0.1) is 5.82 Å². The minimum atomic E-state index is -3.09. The number of nitrogens with zero attached hydrogens (tertiary/aromatic N) is 2. The zero-order valence-corrected chi connectivity index (χ0v) is 11.2. The molecule has 0 bridgehead atoms. The number of nitrogen functional groups attached to an aromatic ring is 1. The van der Waals surface area contributed by atoms with E-state index in [1.807, 2.05) is 0 Å². The molecule has 0 aliphatic heterocycles. The number of hydrogen-bond donors (Lipinski definition) is 1. The molecule has 0 aliphatic carbocycles. The Balaban J connectivity index is 2.29. The third-order valence-electron chi connectivity index (χ3n) is 2.63. The van der Waals surface area contributed by atoms with E-state index < -0.39 is 15.7 Å². The maximum Gasteiger partial charge on any atom is 0.149 e. The Labute approximate surface area is 110 Å². The van der Waals surface area contributed by atoms with E-state index >= 15 is 0 Å². The molecule has 5 nitrogen and oxygen atoms in total. The predicted octanol–water partition coefficient (Wildman–Crippen LogP) is 1.32. The van der Waals surface area contributed by atoms with Crippen molar-refractivity contribution >= 4 is 15.7 Å². The first-order valence-electron chi connectivity index (χ1n) is 5.63. The number of aryl methyl sites for hydroxylation is 1. The molecule has 0 aliphatic rings. The summed E-state index contributed by atoms with van der Waals surface area (Å²) in [6.07, 6.45) is 1.14. The molecule has 1 heterocycles. The van der Waals surface area contributed by atoms with Gasteiger partial charge in [-0.25, -0.2) is 17.5 Å². The highest BCUT2D eigenvalue weighted by Crippen LogP contribution is 2.23. The molecule has 2 N–H and O–H groups in total. The lowest BCUT2D eigenvalue weighted by Gasteiger charge is -2.02. The second kappa shape index (κ2) is 5.00. The van der Waals surface area contributed by atoms with Gasteiger partial charge in [0.2, 0.25) is 0 Å². The average Bonchev–Trinajstić information content (AvgIpc) is 2.68. The molecule has 7 heteroatoms. The number of anilines is 1. The summed E-state index contributed by atoms with van der Waals surface area (Å²) < 4.78 is 37.2. The van der Waals surface area contributed by atoms with Crippen molar-refractivity contribution in [3.05, 3.63) is 36.1 Å². The lowest BCUT2D eigenvalue weighted by atomic mass is 10.1. The number of aromatic nitrogens is 2. The van der Waals surface area contributed by atoms with Crippen LogP contribution in [0.4, 0.5) is 10.2 Å². The van der Waals surface area contributed by atoms with Crippen molar-refractivity contribution in [3.8, 4) is 11.3 Å². The number of nitrogens with two attached hydrogens (primary N) is 1. The summed E-state index contributed by atoms with van der Waals surface area (Å²) >= 11 is 0. The van der Waals surface area contributed by atoms with Gasteiger partial charge in [0.25, 0.3) is 0 Å². The van der Waals surface area contributed by atoms with Gasteiger partial charge in [-0.2, -0.15) is 5.10 Å². The van der Waals surface area contributed by atoms with E-state index in [1.165, 1.54) is 16.8 Å². The topological polar surface area (TPSA) is 78.0 Å². The Morgan fingerprint density at radius 3 is 2.68 bits per heavy atom. The van der Waals surface area contributed by atoms with Crippen LogP contribution in [-0.2, 0) is 16.4 Å². The fourth-order valence-corrected chi connectivity index (χ4v) is 2.17. The van der Waals surface area contributed by atoms with Crippen molar-refractivity contribution in [2.75, 3.05) is 17.7 Å². The Kier molecular flexibility index (Phi) is 3.57. The highest BCUT2D eigenvalue weighted by molar-refractivity contribution is 7.90. The van der Waals surface area contributed by atoms with Crippen molar-refractivity contribution in [2.45, 2.75) is 6.54 Å². The summed E-state index contributed by atoms with van der Waals surface area (Å²) in [6.45, 7) is 0.152. The molecule has 1 aromatic heterocycles. The first-order valence-corrected chi connectivity index (χ1v) is 7.69. The highest BCUT2D eigenvalue weighted by Gasteiger charge is 2.12.